The molecule has 0 spiro atoms. The van der Waals surface area contributed by atoms with Gasteiger partial charge in [-0.3, -0.25) is 4.57 Å². The van der Waals surface area contributed by atoms with Crippen LogP contribution in [0.1, 0.15) is 29.9 Å². The van der Waals surface area contributed by atoms with Crippen molar-refractivity contribution >= 4 is 24.0 Å². The van der Waals surface area contributed by atoms with E-state index in [9.17, 15) is 23.2 Å². The summed E-state index contributed by atoms with van der Waals surface area (Å²) in [6, 6.07) is 14.2. The molecule has 0 aliphatic carbocycles. The van der Waals surface area contributed by atoms with Crippen molar-refractivity contribution in [1.82, 2.24) is 14.8 Å². The third-order valence-corrected chi connectivity index (χ3v) is 11.1. The molecule has 0 radical (unpaired) electrons. The van der Waals surface area contributed by atoms with E-state index < -0.39 is 35.3 Å². The average Bonchev–Trinajstić information content (AvgIpc) is 3.61. The summed E-state index contributed by atoms with van der Waals surface area (Å²) in [5.74, 6) is 1.09. The lowest BCUT2D eigenvalue weighted by atomic mass is 10.0. The molecule has 2 aromatic carbocycles. The van der Waals surface area contributed by atoms with Gasteiger partial charge in [0.1, 0.15) is 34.0 Å². The monoisotopic (exact) mass is 641 g/mol. The van der Waals surface area contributed by atoms with E-state index in [0.29, 0.717) is 34.8 Å². The van der Waals surface area contributed by atoms with E-state index in [1.807, 2.05) is 6.07 Å². The molecule has 14 heteroatoms. The maximum atomic E-state index is 14.5. The molecule has 11 nitrogen and oxygen atoms in total. The highest BCUT2D eigenvalue weighted by Gasteiger charge is 2.40. The Morgan fingerprint density at radius 2 is 1.77 bits per heavy atom. The average molecular weight is 642 g/mol. The minimum absolute atomic E-state index is 0.00487. The molecule has 2 aromatic heterocycles. The molecular weight excluding hydrogens is 606 g/mol. The molecule has 44 heavy (non-hydrogen) atoms. The molecule has 0 unspecified atom stereocenters. The fraction of sp³-hybridized carbons (Fsp3) is 0.367. The number of anilines is 1. The lowest BCUT2D eigenvalue weighted by molar-refractivity contribution is 0.175. The number of para-hydroxylation sites is 1. The fourth-order valence-electron chi connectivity index (χ4n) is 4.69. The van der Waals surface area contributed by atoms with Crippen LogP contribution >= 0.6 is 0 Å². The molecule has 2 atom stereocenters. The molecular formula is C30H36FN5O6SSi. The van der Waals surface area contributed by atoms with E-state index in [4.69, 9.17) is 13.9 Å². The Hall–Kier alpha value is -4.19. The van der Waals surface area contributed by atoms with Crippen molar-refractivity contribution in [2.45, 2.75) is 50.9 Å². The summed E-state index contributed by atoms with van der Waals surface area (Å²) >= 11 is 0. The highest BCUT2D eigenvalue weighted by atomic mass is 32.2. The van der Waals surface area contributed by atoms with Crippen LogP contribution in [0.4, 0.5) is 10.3 Å². The summed E-state index contributed by atoms with van der Waals surface area (Å²) in [6.07, 6.45) is -1.66. The van der Waals surface area contributed by atoms with Gasteiger partial charge in [0.25, 0.3) is 0 Å². The molecule has 1 N–H and O–H groups in total. The van der Waals surface area contributed by atoms with E-state index in [2.05, 4.69) is 29.8 Å². The summed E-state index contributed by atoms with van der Waals surface area (Å²) in [6.45, 7) is 9.47. The molecule has 4 aromatic rings. The molecule has 0 bridgehead atoms. The molecule has 0 aliphatic heterocycles. The van der Waals surface area contributed by atoms with Crippen LogP contribution in [0.5, 0.6) is 11.5 Å². The molecule has 234 valence electrons. The number of aryl methyl sites for hydroxylation is 1. The van der Waals surface area contributed by atoms with Crippen LogP contribution in [0, 0.1) is 24.1 Å². The summed E-state index contributed by atoms with van der Waals surface area (Å²) in [5.41, 5.74) is 0.175. The Bertz CT molecular complexity index is 1770. The van der Waals surface area contributed by atoms with E-state index in [1.54, 1.807) is 37.3 Å². The minimum Gasteiger partial charge on any atom is -0.494 e. The second-order valence-corrected chi connectivity index (χ2v) is 19.3. The number of furan rings is 1. The predicted octanol–water partition coefficient (Wildman–Crippen LogP) is 5.46. The molecule has 0 fully saturated rings. The Morgan fingerprint density at radius 1 is 1.11 bits per heavy atom. The lowest BCUT2D eigenvalue weighted by Gasteiger charge is -2.31. The SMILES string of the molecule is COc1cccc(OC)c1-n1c(-c2ccc(C)o2)nnc1N(CC[Si](C)(C)C)S(=O)(=O)[C@H](C)[C@@H](O)c1ccc(F)cc1C#N. The number of hydrogen-bond donors (Lipinski definition) is 1. The molecule has 2 heterocycles. The van der Waals surface area contributed by atoms with Gasteiger partial charge in [-0.15, -0.1) is 10.2 Å². The van der Waals surface area contributed by atoms with Crippen LogP contribution in [0.25, 0.3) is 17.3 Å². The zero-order valence-corrected chi connectivity index (χ0v) is 27.5. The standard InChI is InChI=1S/C30H36FN5O6SSi/c1-19-11-14-26(42-19)29-33-34-30(36(29)27-24(40-3)9-8-10-25(27)41-4)35(15-16-44(5,6)7)43(38,39)20(2)28(37)23-13-12-22(31)17-21(23)18-32/h8-14,17,20,28,37H,15-16H2,1-7H3/t20-,28-/m1/s1. The zero-order chi connectivity index (χ0) is 32.4. The molecule has 4 rings (SSSR count). The Balaban J connectivity index is 1.98. The molecule has 0 saturated carbocycles. The Morgan fingerprint density at radius 3 is 2.32 bits per heavy atom. The van der Waals surface area contributed by atoms with Gasteiger partial charge in [-0.05, 0) is 61.9 Å². The number of ether oxygens (including phenoxy) is 2. The maximum Gasteiger partial charge on any atom is 0.246 e. The van der Waals surface area contributed by atoms with Crippen molar-refractivity contribution in [3.05, 3.63) is 71.2 Å². The second kappa shape index (κ2) is 12.8. The van der Waals surface area contributed by atoms with Crippen molar-refractivity contribution in [2.75, 3.05) is 25.1 Å². The number of aliphatic hydroxyl groups excluding tert-OH is 1. The van der Waals surface area contributed by atoms with Crippen molar-refractivity contribution in [3.8, 4) is 34.8 Å². The molecule has 0 amide bonds. The summed E-state index contributed by atoms with van der Waals surface area (Å²) < 4.78 is 62.8. The first kappa shape index (κ1) is 32.7. The topological polar surface area (TPSA) is 144 Å². The van der Waals surface area contributed by atoms with Gasteiger partial charge in [0.2, 0.25) is 21.8 Å². The van der Waals surface area contributed by atoms with E-state index in [-0.39, 0.29) is 29.4 Å². The van der Waals surface area contributed by atoms with Gasteiger partial charge in [0.15, 0.2) is 5.76 Å². The minimum atomic E-state index is -4.43. The Labute approximate surface area is 257 Å². The number of methoxy groups -OCH3 is 2. The van der Waals surface area contributed by atoms with Crippen LogP contribution in [-0.2, 0) is 10.0 Å². The van der Waals surface area contributed by atoms with Crippen LogP contribution in [-0.4, -0.2) is 62.4 Å². The van der Waals surface area contributed by atoms with Crippen LogP contribution in [0.2, 0.25) is 25.7 Å². The van der Waals surface area contributed by atoms with Gasteiger partial charge in [-0.1, -0.05) is 31.8 Å². The van der Waals surface area contributed by atoms with Gasteiger partial charge < -0.3 is 19.0 Å². The number of nitrogens with zero attached hydrogens (tertiary/aromatic N) is 5. The number of sulfonamides is 1. The number of halogens is 1. The highest BCUT2D eigenvalue weighted by Crippen LogP contribution is 2.40. The predicted molar refractivity (Wildman–Crippen MR) is 167 cm³/mol. The highest BCUT2D eigenvalue weighted by molar-refractivity contribution is 7.93. The Kier molecular flexibility index (Phi) is 9.52. The van der Waals surface area contributed by atoms with Crippen molar-refractivity contribution in [2.24, 2.45) is 0 Å². The number of aromatic nitrogens is 3. The van der Waals surface area contributed by atoms with Gasteiger partial charge in [-0.2, -0.15) is 5.26 Å². The van der Waals surface area contributed by atoms with E-state index in [1.165, 1.54) is 31.8 Å². The van der Waals surface area contributed by atoms with Crippen LogP contribution in [0.3, 0.4) is 0 Å². The third-order valence-electron chi connectivity index (χ3n) is 7.20. The third kappa shape index (κ3) is 6.49. The smallest absolute Gasteiger partial charge is 0.246 e. The first-order valence-corrected chi connectivity index (χ1v) is 19.1. The number of aliphatic hydroxyl groups is 1. The van der Waals surface area contributed by atoms with Gasteiger partial charge in [0.05, 0.1) is 32.0 Å². The largest absolute Gasteiger partial charge is 0.494 e. The first-order valence-electron chi connectivity index (χ1n) is 13.9. The lowest BCUT2D eigenvalue weighted by Crippen LogP contribution is -2.44. The summed E-state index contributed by atoms with van der Waals surface area (Å²) in [7, 11) is -3.31. The summed E-state index contributed by atoms with van der Waals surface area (Å²) in [5, 5.41) is 28.2. The van der Waals surface area contributed by atoms with Crippen molar-refractivity contribution in [3.63, 3.8) is 0 Å². The van der Waals surface area contributed by atoms with E-state index >= 15 is 0 Å². The first-order chi connectivity index (χ1) is 20.7. The van der Waals surface area contributed by atoms with Crippen LogP contribution in [0.15, 0.2) is 52.9 Å². The summed E-state index contributed by atoms with van der Waals surface area (Å²) in [4.78, 5) is 0. The number of rotatable bonds is 12. The normalized spacial score (nSPS) is 13.3. The van der Waals surface area contributed by atoms with E-state index in [0.717, 1.165) is 16.4 Å². The zero-order valence-electron chi connectivity index (χ0n) is 25.7. The number of hydrogen-bond acceptors (Lipinski definition) is 9. The quantitative estimate of drug-likeness (QED) is 0.199. The van der Waals surface area contributed by atoms with Gasteiger partial charge >= 0.3 is 0 Å². The number of nitriles is 1. The van der Waals surface area contributed by atoms with Crippen LogP contribution < -0.4 is 13.8 Å². The maximum absolute atomic E-state index is 14.5. The number of benzene rings is 2. The molecule has 0 aliphatic rings. The second-order valence-electron chi connectivity index (χ2n) is 11.5. The van der Waals surface area contributed by atoms with Gasteiger partial charge in [-0.25, -0.2) is 17.1 Å². The fourth-order valence-corrected chi connectivity index (χ4v) is 7.31. The van der Waals surface area contributed by atoms with Crippen molar-refractivity contribution in [1.29, 1.82) is 5.26 Å². The van der Waals surface area contributed by atoms with Crippen molar-refractivity contribution < 1.29 is 31.8 Å². The van der Waals surface area contributed by atoms with Gasteiger partial charge in [0, 0.05) is 14.6 Å². The molecule has 0 saturated heterocycles.